The van der Waals surface area contributed by atoms with E-state index in [9.17, 15) is 0 Å². The van der Waals surface area contributed by atoms with Crippen LogP contribution >= 0.6 is 0 Å². The summed E-state index contributed by atoms with van der Waals surface area (Å²) in [5.41, 5.74) is 3.68. The Kier molecular flexibility index (Phi) is 2.26. The van der Waals surface area contributed by atoms with E-state index in [1.807, 2.05) is 10.5 Å². The number of imidazole rings is 1. The van der Waals surface area contributed by atoms with E-state index in [2.05, 4.69) is 41.5 Å². The predicted molar refractivity (Wildman–Crippen MR) is 64.1 cm³/mol. The van der Waals surface area contributed by atoms with Crippen LogP contribution in [0.5, 0.6) is 0 Å². The van der Waals surface area contributed by atoms with Crippen LogP contribution in [0.1, 0.15) is 12.0 Å². The topological polar surface area (TPSA) is 20.5 Å². The molecule has 3 nitrogen and oxygen atoms in total. The molecule has 0 fully saturated rings. The first-order valence-corrected chi connectivity index (χ1v) is 5.56. The van der Waals surface area contributed by atoms with Crippen LogP contribution in [0.25, 0.3) is 11.2 Å². The highest BCUT2D eigenvalue weighted by Gasteiger charge is 2.09. The molecule has 3 rings (SSSR count). The molecule has 1 radical (unpaired) electrons. The van der Waals surface area contributed by atoms with Gasteiger partial charge in [-0.2, -0.15) is 0 Å². The third-order valence-corrected chi connectivity index (χ3v) is 3.10. The molecule has 1 aliphatic rings. The van der Waals surface area contributed by atoms with Crippen LogP contribution in [-0.2, 0) is 0 Å². The maximum atomic E-state index is 4.20. The Bertz CT molecular complexity index is 539. The van der Waals surface area contributed by atoms with Crippen LogP contribution in [0, 0.1) is 6.20 Å². The number of likely N-dealkylation sites (N-methyl/N-ethyl adjacent to an activating group) is 1. The number of hydrogen-bond donors (Lipinski definition) is 0. The first-order valence-electron chi connectivity index (χ1n) is 5.56. The highest BCUT2D eigenvalue weighted by atomic mass is 15.1. The highest BCUT2D eigenvalue weighted by Crippen LogP contribution is 2.21. The zero-order valence-electron chi connectivity index (χ0n) is 9.35. The summed E-state index contributed by atoms with van der Waals surface area (Å²) in [6.07, 6.45) is 10.3. The number of nitrogens with zero attached hydrogens (tertiary/aromatic N) is 3. The van der Waals surface area contributed by atoms with Crippen LogP contribution in [0.2, 0.25) is 0 Å². The van der Waals surface area contributed by atoms with E-state index in [4.69, 9.17) is 0 Å². The Labute approximate surface area is 95.0 Å². The summed E-state index contributed by atoms with van der Waals surface area (Å²) in [4.78, 5) is 6.52. The van der Waals surface area contributed by atoms with Crippen LogP contribution in [0.15, 0.2) is 30.6 Å². The maximum Gasteiger partial charge on any atom is 0.137 e. The Balaban J connectivity index is 1.99. The fourth-order valence-corrected chi connectivity index (χ4v) is 2.08. The van der Waals surface area contributed by atoms with Gasteiger partial charge in [0.05, 0.1) is 12.4 Å². The van der Waals surface area contributed by atoms with E-state index in [0.717, 1.165) is 25.2 Å². The Morgan fingerprint density at radius 3 is 3.12 bits per heavy atom. The van der Waals surface area contributed by atoms with Gasteiger partial charge in [0.15, 0.2) is 0 Å². The van der Waals surface area contributed by atoms with Crippen LogP contribution in [0.4, 0.5) is 0 Å². The van der Waals surface area contributed by atoms with Crippen molar-refractivity contribution < 1.29 is 0 Å². The molecular formula is C13H14N3. The highest BCUT2D eigenvalue weighted by molar-refractivity contribution is 5.67. The second-order valence-electron chi connectivity index (χ2n) is 4.27. The number of rotatable bonds is 1. The normalized spacial score (nSPS) is 17.7. The average molecular weight is 212 g/mol. The van der Waals surface area contributed by atoms with Gasteiger partial charge in [-0.25, -0.2) is 4.98 Å². The number of fused-ring (bicyclic) bond motifs is 1. The quantitative estimate of drug-likeness (QED) is 0.719. The minimum atomic E-state index is 0.956. The molecule has 81 valence electrons. The molecular weight excluding hydrogens is 198 g/mol. The number of pyridine rings is 1. The first-order chi connectivity index (χ1) is 7.83. The van der Waals surface area contributed by atoms with Crippen LogP contribution < -0.4 is 0 Å². The van der Waals surface area contributed by atoms with Gasteiger partial charge in [0, 0.05) is 19.3 Å². The van der Waals surface area contributed by atoms with Gasteiger partial charge < -0.3 is 4.90 Å². The van der Waals surface area contributed by atoms with Crippen molar-refractivity contribution >= 4 is 11.2 Å². The molecule has 0 saturated carbocycles. The lowest BCUT2D eigenvalue weighted by Crippen LogP contribution is -2.23. The van der Waals surface area contributed by atoms with E-state index in [1.54, 1.807) is 6.20 Å². The van der Waals surface area contributed by atoms with Crippen LogP contribution in [-0.4, -0.2) is 34.4 Å². The molecule has 0 N–H and O–H groups in total. The standard InChI is InChI=1S/C13H14N3/c1-15-7-4-11(5-8-15)12-2-3-13-14-6-9-16(13)10-12/h2-4,6,10H,5,7-8H2,1H3. The Morgan fingerprint density at radius 2 is 2.31 bits per heavy atom. The molecule has 0 spiro atoms. The molecule has 1 aliphatic heterocycles. The van der Waals surface area contributed by atoms with Gasteiger partial charge in [0.2, 0.25) is 0 Å². The Hall–Kier alpha value is -1.61. The molecule has 2 aromatic heterocycles. The summed E-state index contributed by atoms with van der Waals surface area (Å²) in [6, 6.07) is 4.19. The smallest absolute Gasteiger partial charge is 0.137 e. The van der Waals surface area contributed by atoms with Crippen molar-refractivity contribution in [3.05, 3.63) is 42.4 Å². The molecule has 0 saturated heterocycles. The van der Waals surface area contributed by atoms with Gasteiger partial charge in [-0.1, -0.05) is 6.08 Å². The molecule has 0 amide bonds. The zero-order valence-corrected chi connectivity index (χ0v) is 9.35. The third kappa shape index (κ3) is 1.63. The minimum absolute atomic E-state index is 0.956. The summed E-state index contributed by atoms with van der Waals surface area (Å²) in [5.74, 6) is 0. The van der Waals surface area contributed by atoms with E-state index in [-0.39, 0.29) is 0 Å². The predicted octanol–water partition coefficient (Wildman–Crippen LogP) is 1.85. The molecule has 0 unspecified atom stereocenters. The largest absolute Gasteiger partial charge is 0.302 e. The third-order valence-electron chi connectivity index (χ3n) is 3.10. The minimum Gasteiger partial charge on any atom is -0.302 e. The van der Waals surface area contributed by atoms with Crippen molar-refractivity contribution in [2.24, 2.45) is 0 Å². The van der Waals surface area contributed by atoms with Crippen molar-refractivity contribution in [3.8, 4) is 0 Å². The summed E-state index contributed by atoms with van der Waals surface area (Å²) in [5, 5.41) is 0. The summed E-state index contributed by atoms with van der Waals surface area (Å²) < 4.78 is 1.95. The van der Waals surface area contributed by atoms with Gasteiger partial charge in [-0.05, 0) is 36.7 Å². The average Bonchev–Trinajstić information content (AvgIpc) is 2.77. The molecule has 2 aromatic rings. The van der Waals surface area contributed by atoms with Gasteiger partial charge in [0.1, 0.15) is 5.65 Å². The number of hydrogen-bond acceptors (Lipinski definition) is 2. The van der Waals surface area contributed by atoms with Gasteiger partial charge in [0.25, 0.3) is 0 Å². The van der Waals surface area contributed by atoms with Gasteiger partial charge in [-0.3, -0.25) is 4.40 Å². The fraction of sp³-hybridized carbons (Fsp3) is 0.308. The summed E-state index contributed by atoms with van der Waals surface area (Å²) >= 11 is 0. The molecule has 16 heavy (non-hydrogen) atoms. The molecule has 0 aliphatic carbocycles. The van der Waals surface area contributed by atoms with Crippen molar-refractivity contribution in [3.63, 3.8) is 0 Å². The van der Waals surface area contributed by atoms with Crippen LogP contribution in [0.3, 0.4) is 0 Å². The number of aromatic nitrogens is 2. The van der Waals surface area contributed by atoms with Gasteiger partial charge >= 0.3 is 0 Å². The van der Waals surface area contributed by atoms with Crippen molar-refractivity contribution in [2.75, 3.05) is 20.1 Å². The lowest BCUT2D eigenvalue weighted by Gasteiger charge is -2.22. The molecule has 3 heteroatoms. The summed E-state index contributed by atoms with van der Waals surface area (Å²) in [6.45, 7) is 2.18. The van der Waals surface area contributed by atoms with E-state index in [0.29, 0.717) is 0 Å². The monoisotopic (exact) mass is 212 g/mol. The molecule has 3 heterocycles. The van der Waals surface area contributed by atoms with E-state index < -0.39 is 0 Å². The SMILES string of the molecule is CN1CC=C(c2ccc3nc[c]n3c2)CC1. The van der Waals surface area contributed by atoms with Gasteiger partial charge in [-0.15, -0.1) is 0 Å². The second-order valence-corrected chi connectivity index (χ2v) is 4.27. The van der Waals surface area contributed by atoms with E-state index >= 15 is 0 Å². The zero-order chi connectivity index (χ0) is 11.0. The van der Waals surface area contributed by atoms with Crippen molar-refractivity contribution in [1.29, 1.82) is 0 Å². The fourth-order valence-electron chi connectivity index (χ4n) is 2.08. The van der Waals surface area contributed by atoms with E-state index in [1.165, 1.54) is 11.1 Å². The second kappa shape index (κ2) is 3.76. The lowest BCUT2D eigenvalue weighted by molar-refractivity contribution is 0.370. The summed E-state index contributed by atoms with van der Waals surface area (Å²) in [7, 11) is 2.15. The first kappa shape index (κ1) is 9.60. The van der Waals surface area contributed by atoms with Crippen molar-refractivity contribution in [2.45, 2.75) is 6.42 Å². The maximum absolute atomic E-state index is 4.20. The molecule has 0 bridgehead atoms. The lowest BCUT2D eigenvalue weighted by atomic mass is 10.0. The molecule has 0 atom stereocenters. The molecule has 0 aromatic carbocycles. The Morgan fingerprint density at radius 1 is 1.38 bits per heavy atom. The van der Waals surface area contributed by atoms with Crippen molar-refractivity contribution in [1.82, 2.24) is 14.3 Å².